The van der Waals surface area contributed by atoms with Crippen LogP contribution in [-0.4, -0.2) is 26.8 Å². The van der Waals surface area contributed by atoms with Gasteiger partial charge in [0, 0.05) is 12.6 Å². The number of ether oxygens (including phenoxy) is 2. The molecular formula is C12H16N2O3. The van der Waals surface area contributed by atoms with Gasteiger partial charge >= 0.3 is 6.03 Å². The lowest BCUT2D eigenvalue weighted by molar-refractivity contribution is 0.253. The van der Waals surface area contributed by atoms with Crippen LogP contribution in [-0.2, 0) is 0 Å². The largest absolute Gasteiger partial charge is 0.497 e. The number of rotatable bonds is 5. The molecule has 0 saturated heterocycles. The summed E-state index contributed by atoms with van der Waals surface area (Å²) in [6.45, 7) is 3.92. The molecule has 1 aromatic rings. The van der Waals surface area contributed by atoms with Crippen LogP contribution in [0.5, 0.6) is 11.5 Å². The van der Waals surface area contributed by atoms with Gasteiger partial charge in [-0.2, -0.15) is 0 Å². The van der Waals surface area contributed by atoms with Crippen molar-refractivity contribution in [1.29, 1.82) is 0 Å². The maximum absolute atomic E-state index is 11.4. The van der Waals surface area contributed by atoms with Crippen molar-refractivity contribution in [3.8, 4) is 11.5 Å². The lowest BCUT2D eigenvalue weighted by Crippen LogP contribution is -2.28. The molecule has 5 heteroatoms. The highest BCUT2D eigenvalue weighted by molar-refractivity contribution is 5.91. The van der Waals surface area contributed by atoms with Gasteiger partial charge in [-0.1, -0.05) is 6.08 Å². The Morgan fingerprint density at radius 1 is 1.41 bits per heavy atom. The highest BCUT2D eigenvalue weighted by atomic mass is 16.5. The molecule has 1 rings (SSSR count). The topological polar surface area (TPSA) is 59.6 Å². The van der Waals surface area contributed by atoms with Crippen molar-refractivity contribution in [2.45, 2.75) is 0 Å². The lowest BCUT2D eigenvalue weighted by Gasteiger charge is -2.11. The Balaban J connectivity index is 2.76. The molecule has 0 aliphatic heterocycles. The molecule has 0 heterocycles. The third-order valence-corrected chi connectivity index (χ3v) is 2.06. The first kappa shape index (κ1) is 12.9. The smallest absolute Gasteiger partial charge is 0.319 e. The number of carbonyl (C=O) groups excluding carboxylic acids is 1. The second-order valence-electron chi connectivity index (χ2n) is 3.19. The summed E-state index contributed by atoms with van der Waals surface area (Å²) < 4.78 is 10.2. The lowest BCUT2D eigenvalue weighted by atomic mass is 10.2. The molecule has 0 radical (unpaired) electrons. The van der Waals surface area contributed by atoms with Gasteiger partial charge in [0.2, 0.25) is 0 Å². The van der Waals surface area contributed by atoms with Gasteiger partial charge < -0.3 is 20.1 Å². The number of benzene rings is 1. The number of carbonyl (C=O) groups is 1. The summed E-state index contributed by atoms with van der Waals surface area (Å²) in [6, 6.07) is 4.84. The number of amides is 2. The summed E-state index contributed by atoms with van der Waals surface area (Å²) in [5, 5.41) is 5.27. The summed E-state index contributed by atoms with van der Waals surface area (Å²) in [6.07, 6.45) is 1.60. The Hall–Kier alpha value is -2.17. The molecule has 17 heavy (non-hydrogen) atoms. The maximum atomic E-state index is 11.4. The second kappa shape index (κ2) is 6.42. The summed E-state index contributed by atoms with van der Waals surface area (Å²) in [4.78, 5) is 11.4. The van der Waals surface area contributed by atoms with Crippen LogP contribution in [0.2, 0.25) is 0 Å². The van der Waals surface area contributed by atoms with Gasteiger partial charge in [0.1, 0.15) is 11.5 Å². The fraction of sp³-hybridized carbons (Fsp3) is 0.250. The zero-order valence-electron chi connectivity index (χ0n) is 9.95. The molecule has 0 aliphatic carbocycles. The maximum Gasteiger partial charge on any atom is 0.319 e. The first-order chi connectivity index (χ1) is 8.21. The third kappa shape index (κ3) is 3.71. The zero-order valence-corrected chi connectivity index (χ0v) is 9.95. The minimum atomic E-state index is -0.312. The fourth-order valence-electron chi connectivity index (χ4n) is 1.23. The van der Waals surface area contributed by atoms with Crippen molar-refractivity contribution in [2.24, 2.45) is 0 Å². The van der Waals surface area contributed by atoms with E-state index in [1.165, 1.54) is 7.11 Å². The van der Waals surface area contributed by atoms with Crippen LogP contribution < -0.4 is 20.1 Å². The van der Waals surface area contributed by atoms with Crippen molar-refractivity contribution >= 4 is 11.7 Å². The summed E-state index contributed by atoms with van der Waals surface area (Å²) in [7, 11) is 3.10. The van der Waals surface area contributed by atoms with E-state index in [0.29, 0.717) is 23.7 Å². The molecule has 0 atom stereocenters. The number of hydrogen-bond acceptors (Lipinski definition) is 3. The van der Waals surface area contributed by atoms with Gasteiger partial charge in [0.05, 0.1) is 19.9 Å². The molecule has 0 spiro atoms. The van der Waals surface area contributed by atoms with Crippen LogP contribution in [0, 0.1) is 0 Å². The molecule has 0 aliphatic rings. The van der Waals surface area contributed by atoms with E-state index >= 15 is 0 Å². The highest BCUT2D eigenvalue weighted by Gasteiger charge is 2.07. The van der Waals surface area contributed by atoms with Gasteiger partial charge in [-0.15, -0.1) is 6.58 Å². The number of nitrogens with one attached hydrogen (secondary N) is 2. The first-order valence-corrected chi connectivity index (χ1v) is 5.09. The summed E-state index contributed by atoms with van der Waals surface area (Å²) in [5.41, 5.74) is 0.579. The normalized spacial score (nSPS) is 9.29. The SMILES string of the molecule is C=CCNC(=O)Nc1ccc(OC)cc1OC. The van der Waals surface area contributed by atoms with E-state index in [9.17, 15) is 4.79 Å². The molecule has 5 nitrogen and oxygen atoms in total. The molecule has 2 amide bonds. The van der Waals surface area contributed by atoms with Gasteiger partial charge in [-0.05, 0) is 12.1 Å². The summed E-state index contributed by atoms with van der Waals surface area (Å²) in [5.74, 6) is 1.21. The Kier molecular flexibility index (Phi) is 4.87. The first-order valence-electron chi connectivity index (χ1n) is 5.09. The van der Waals surface area contributed by atoms with E-state index in [1.54, 1.807) is 31.4 Å². The van der Waals surface area contributed by atoms with Crippen LogP contribution in [0.1, 0.15) is 0 Å². The zero-order chi connectivity index (χ0) is 12.7. The van der Waals surface area contributed by atoms with E-state index < -0.39 is 0 Å². The van der Waals surface area contributed by atoms with Crippen LogP contribution in [0.3, 0.4) is 0 Å². The standard InChI is InChI=1S/C12H16N2O3/c1-4-7-13-12(15)14-10-6-5-9(16-2)8-11(10)17-3/h4-6,8H,1,7H2,2-3H3,(H2,13,14,15). The third-order valence-electron chi connectivity index (χ3n) is 2.06. The van der Waals surface area contributed by atoms with Crippen molar-refractivity contribution in [2.75, 3.05) is 26.1 Å². The molecule has 0 unspecified atom stereocenters. The molecular weight excluding hydrogens is 220 g/mol. The summed E-state index contributed by atoms with van der Waals surface area (Å²) >= 11 is 0. The van der Waals surface area contributed by atoms with Gasteiger partial charge in [0.15, 0.2) is 0 Å². The quantitative estimate of drug-likeness (QED) is 0.769. The number of anilines is 1. The van der Waals surface area contributed by atoms with Crippen LogP contribution >= 0.6 is 0 Å². The van der Waals surface area contributed by atoms with Gasteiger partial charge in [0.25, 0.3) is 0 Å². The van der Waals surface area contributed by atoms with Gasteiger partial charge in [-0.3, -0.25) is 0 Å². The predicted molar refractivity (Wildman–Crippen MR) is 66.8 cm³/mol. The minimum Gasteiger partial charge on any atom is -0.497 e. The molecule has 92 valence electrons. The number of methoxy groups -OCH3 is 2. The molecule has 0 bridgehead atoms. The Labute approximate surface area is 100 Å². The molecule has 2 N–H and O–H groups in total. The Bertz CT molecular complexity index is 405. The molecule has 0 saturated carbocycles. The Morgan fingerprint density at radius 3 is 2.76 bits per heavy atom. The van der Waals surface area contributed by atoms with Crippen molar-refractivity contribution in [3.63, 3.8) is 0 Å². The molecule has 0 fully saturated rings. The van der Waals surface area contributed by atoms with Gasteiger partial charge in [-0.25, -0.2) is 4.79 Å². The Morgan fingerprint density at radius 2 is 2.18 bits per heavy atom. The molecule has 0 aromatic heterocycles. The number of hydrogen-bond donors (Lipinski definition) is 2. The fourth-order valence-corrected chi connectivity index (χ4v) is 1.23. The van der Waals surface area contributed by atoms with Crippen molar-refractivity contribution in [1.82, 2.24) is 5.32 Å². The average Bonchev–Trinajstić information content (AvgIpc) is 2.36. The van der Waals surface area contributed by atoms with E-state index in [-0.39, 0.29) is 6.03 Å². The van der Waals surface area contributed by atoms with Crippen LogP contribution in [0.15, 0.2) is 30.9 Å². The highest BCUT2D eigenvalue weighted by Crippen LogP contribution is 2.28. The van der Waals surface area contributed by atoms with Crippen LogP contribution in [0.25, 0.3) is 0 Å². The monoisotopic (exact) mass is 236 g/mol. The predicted octanol–water partition coefficient (Wildman–Crippen LogP) is 2.01. The molecule has 1 aromatic carbocycles. The van der Waals surface area contributed by atoms with E-state index in [2.05, 4.69) is 17.2 Å². The van der Waals surface area contributed by atoms with E-state index in [1.807, 2.05) is 0 Å². The van der Waals surface area contributed by atoms with Crippen molar-refractivity contribution < 1.29 is 14.3 Å². The average molecular weight is 236 g/mol. The number of urea groups is 1. The minimum absolute atomic E-state index is 0.312. The van der Waals surface area contributed by atoms with Crippen molar-refractivity contribution in [3.05, 3.63) is 30.9 Å². The van der Waals surface area contributed by atoms with E-state index in [0.717, 1.165) is 0 Å². The van der Waals surface area contributed by atoms with Crippen LogP contribution in [0.4, 0.5) is 10.5 Å². The second-order valence-corrected chi connectivity index (χ2v) is 3.19. The van der Waals surface area contributed by atoms with E-state index in [4.69, 9.17) is 9.47 Å².